The summed E-state index contributed by atoms with van der Waals surface area (Å²) < 4.78 is 7.52. The molecule has 0 fully saturated rings. The maximum absolute atomic E-state index is 12.4. The predicted molar refractivity (Wildman–Crippen MR) is 140 cm³/mol. The van der Waals surface area contributed by atoms with Crippen LogP contribution < -0.4 is 10.2 Å². The fourth-order valence-corrected chi connectivity index (χ4v) is 4.15. The molecule has 4 rings (SSSR count). The third-order valence-corrected chi connectivity index (χ3v) is 6.12. The molecule has 0 unspecified atom stereocenters. The summed E-state index contributed by atoms with van der Waals surface area (Å²) >= 11 is 1.30. The molecule has 1 amide bonds. The van der Waals surface area contributed by atoms with E-state index in [0.29, 0.717) is 17.6 Å². The largest absolute Gasteiger partial charge is 0.494 e. The first-order valence-corrected chi connectivity index (χ1v) is 12.4. The summed E-state index contributed by atoms with van der Waals surface area (Å²) in [6.07, 6.45) is 2.62. The first-order valence-electron chi connectivity index (χ1n) is 11.5. The number of nitrogens with one attached hydrogen (secondary N) is 1. The van der Waals surface area contributed by atoms with Gasteiger partial charge in [0.15, 0.2) is 11.0 Å². The van der Waals surface area contributed by atoms with Crippen molar-refractivity contribution in [3.8, 4) is 22.8 Å². The molecule has 1 N–H and O–H groups in total. The number of hydrogen-bond donors (Lipinski definition) is 1. The summed E-state index contributed by atoms with van der Waals surface area (Å²) in [5, 5.41) is 13.5. The molecule has 1 heterocycles. The Morgan fingerprint density at radius 2 is 1.74 bits per heavy atom. The highest BCUT2D eigenvalue weighted by Crippen LogP contribution is 2.28. The Hall–Kier alpha value is -3.91. The van der Waals surface area contributed by atoms with Crippen LogP contribution >= 0.6 is 11.8 Å². The lowest BCUT2D eigenvalue weighted by Crippen LogP contribution is -2.20. The zero-order valence-electron chi connectivity index (χ0n) is 19.7. The molecule has 0 bridgehead atoms. The normalized spacial score (nSPS) is 11.0. The minimum absolute atomic E-state index is 0.149. The van der Waals surface area contributed by atoms with Crippen LogP contribution in [0.25, 0.3) is 17.1 Å². The van der Waals surface area contributed by atoms with E-state index in [1.165, 1.54) is 17.3 Å². The highest BCUT2D eigenvalue weighted by molar-refractivity contribution is 7.99. The lowest BCUT2D eigenvalue weighted by atomic mass is 10.1. The Balaban J connectivity index is 1.48. The van der Waals surface area contributed by atoms with Crippen molar-refractivity contribution in [1.82, 2.24) is 20.2 Å². The van der Waals surface area contributed by atoms with Gasteiger partial charge in [0.05, 0.1) is 18.6 Å². The maximum atomic E-state index is 12.4. The summed E-state index contributed by atoms with van der Waals surface area (Å²) in [4.78, 5) is 12.4. The summed E-state index contributed by atoms with van der Waals surface area (Å²) in [6, 6.07) is 25.7. The summed E-state index contributed by atoms with van der Waals surface area (Å²) in [5.74, 6) is 1.42. The molecule has 0 aliphatic rings. The van der Waals surface area contributed by atoms with Gasteiger partial charge in [-0.25, -0.2) is 5.43 Å². The number of rotatable bonds is 10. The van der Waals surface area contributed by atoms with Crippen molar-refractivity contribution in [2.45, 2.75) is 25.4 Å². The molecule has 0 spiro atoms. The minimum Gasteiger partial charge on any atom is -0.494 e. The van der Waals surface area contributed by atoms with Crippen LogP contribution in [0.5, 0.6) is 5.75 Å². The van der Waals surface area contributed by atoms with E-state index < -0.39 is 0 Å². The summed E-state index contributed by atoms with van der Waals surface area (Å²) in [5.41, 5.74) is 6.59. The van der Waals surface area contributed by atoms with E-state index in [2.05, 4.69) is 39.8 Å². The lowest BCUT2D eigenvalue weighted by Gasteiger charge is -2.11. The zero-order valence-corrected chi connectivity index (χ0v) is 20.5. The first-order chi connectivity index (χ1) is 17.2. The number of hydrogen-bond acceptors (Lipinski definition) is 6. The third kappa shape index (κ3) is 6.36. The second-order valence-corrected chi connectivity index (χ2v) is 8.55. The molecule has 4 aromatic rings. The second-order valence-electron chi connectivity index (χ2n) is 7.61. The van der Waals surface area contributed by atoms with E-state index >= 15 is 0 Å². The van der Waals surface area contributed by atoms with Gasteiger partial charge in [0.25, 0.3) is 5.91 Å². The molecule has 0 radical (unpaired) electrons. The minimum atomic E-state index is -0.223. The molecule has 178 valence electrons. The molecule has 1 aromatic heterocycles. The Kier molecular flexibility index (Phi) is 8.30. The van der Waals surface area contributed by atoms with Crippen molar-refractivity contribution in [2.75, 3.05) is 12.4 Å². The molecular formula is C27H27N5O2S. The van der Waals surface area contributed by atoms with Gasteiger partial charge in [-0.05, 0) is 48.7 Å². The standard InChI is InChI=1S/C27H27N5O2S/c1-3-20-10-12-21(13-11-20)18-28-29-25(33)19-35-27-31-30-26(22-8-6-5-7-9-22)32(27)23-14-16-24(17-15-23)34-4-2/h5-18H,3-4,19H2,1-2H3,(H,29,33). The van der Waals surface area contributed by atoms with Gasteiger partial charge in [0, 0.05) is 11.3 Å². The second kappa shape index (κ2) is 12.0. The quantitative estimate of drug-likeness (QED) is 0.191. The average molecular weight is 486 g/mol. The Morgan fingerprint density at radius 3 is 2.43 bits per heavy atom. The van der Waals surface area contributed by atoms with E-state index in [9.17, 15) is 4.79 Å². The molecule has 3 aromatic carbocycles. The van der Waals surface area contributed by atoms with Crippen molar-refractivity contribution >= 4 is 23.9 Å². The number of carbonyl (C=O) groups excluding carboxylic acids is 1. The van der Waals surface area contributed by atoms with Gasteiger partial charge in [-0.15, -0.1) is 10.2 Å². The third-order valence-electron chi connectivity index (χ3n) is 5.19. The Bertz CT molecular complexity index is 1270. The molecule has 0 saturated heterocycles. The van der Waals surface area contributed by atoms with E-state index in [-0.39, 0.29) is 11.7 Å². The zero-order chi connectivity index (χ0) is 24.5. The fourth-order valence-electron chi connectivity index (χ4n) is 3.41. The number of thioether (sulfide) groups is 1. The number of amides is 1. The SMILES string of the molecule is CCOc1ccc(-n2c(SCC(=O)NN=Cc3ccc(CC)cc3)nnc2-c2ccccc2)cc1. The highest BCUT2D eigenvalue weighted by atomic mass is 32.2. The van der Waals surface area contributed by atoms with Crippen molar-refractivity contribution in [3.63, 3.8) is 0 Å². The summed E-state index contributed by atoms with van der Waals surface area (Å²) in [7, 11) is 0. The van der Waals surface area contributed by atoms with E-state index in [1.807, 2.05) is 78.2 Å². The fraction of sp³-hybridized carbons (Fsp3) is 0.185. The number of carbonyl (C=O) groups is 1. The van der Waals surface area contributed by atoms with Crippen LogP contribution in [0, 0.1) is 0 Å². The number of benzene rings is 3. The monoisotopic (exact) mass is 485 g/mol. The van der Waals surface area contributed by atoms with Crippen LogP contribution in [-0.4, -0.2) is 39.2 Å². The van der Waals surface area contributed by atoms with Crippen molar-refractivity contribution in [2.24, 2.45) is 5.10 Å². The van der Waals surface area contributed by atoms with Gasteiger partial charge in [0.2, 0.25) is 0 Å². The smallest absolute Gasteiger partial charge is 0.250 e. The number of nitrogens with zero attached hydrogens (tertiary/aromatic N) is 4. The molecule has 7 nitrogen and oxygen atoms in total. The van der Waals surface area contributed by atoms with Gasteiger partial charge in [-0.3, -0.25) is 9.36 Å². The van der Waals surface area contributed by atoms with Gasteiger partial charge in [-0.2, -0.15) is 5.10 Å². The van der Waals surface area contributed by atoms with E-state index in [1.54, 1.807) is 6.21 Å². The van der Waals surface area contributed by atoms with Crippen LogP contribution in [0.2, 0.25) is 0 Å². The average Bonchev–Trinajstić information content (AvgIpc) is 3.33. The predicted octanol–water partition coefficient (Wildman–Crippen LogP) is 5.14. The Labute approximate surface area is 209 Å². The van der Waals surface area contributed by atoms with Crippen molar-refractivity contribution in [1.29, 1.82) is 0 Å². The van der Waals surface area contributed by atoms with E-state index in [0.717, 1.165) is 29.0 Å². The number of aryl methyl sites for hydroxylation is 1. The van der Waals surface area contributed by atoms with Crippen molar-refractivity contribution in [3.05, 3.63) is 90.0 Å². The lowest BCUT2D eigenvalue weighted by molar-refractivity contribution is -0.118. The van der Waals surface area contributed by atoms with Crippen LogP contribution in [0.15, 0.2) is 89.1 Å². The van der Waals surface area contributed by atoms with Gasteiger partial charge in [0.1, 0.15) is 5.75 Å². The molecular weight excluding hydrogens is 458 g/mol. The van der Waals surface area contributed by atoms with Crippen LogP contribution in [0.4, 0.5) is 0 Å². The van der Waals surface area contributed by atoms with Crippen LogP contribution in [0.3, 0.4) is 0 Å². The Morgan fingerprint density at radius 1 is 1.00 bits per heavy atom. The molecule has 35 heavy (non-hydrogen) atoms. The molecule has 8 heteroatoms. The summed E-state index contributed by atoms with van der Waals surface area (Å²) in [6.45, 7) is 4.66. The van der Waals surface area contributed by atoms with Crippen LogP contribution in [0.1, 0.15) is 25.0 Å². The topological polar surface area (TPSA) is 81.4 Å². The number of hydrazone groups is 1. The van der Waals surface area contributed by atoms with Crippen molar-refractivity contribution < 1.29 is 9.53 Å². The highest BCUT2D eigenvalue weighted by Gasteiger charge is 2.17. The van der Waals surface area contributed by atoms with Crippen LogP contribution in [-0.2, 0) is 11.2 Å². The first kappa shape index (κ1) is 24.2. The molecule has 0 aliphatic carbocycles. The molecule has 0 atom stereocenters. The number of aromatic nitrogens is 3. The number of ether oxygens (including phenoxy) is 1. The van der Waals surface area contributed by atoms with Gasteiger partial charge in [-0.1, -0.05) is 73.3 Å². The maximum Gasteiger partial charge on any atom is 0.250 e. The van der Waals surface area contributed by atoms with E-state index in [4.69, 9.17) is 4.74 Å². The van der Waals surface area contributed by atoms with Gasteiger partial charge < -0.3 is 4.74 Å². The van der Waals surface area contributed by atoms with Gasteiger partial charge >= 0.3 is 0 Å². The molecule has 0 aliphatic heterocycles. The molecule has 0 saturated carbocycles.